The molecule has 2 nitrogen and oxygen atoms in total. The van der Waals surface area contributed by atoms with Gasteiger partial charge in [0.05, 0.1) is 13.0 Å². The van der Waals surface area contributed by atoms with Gasteiger partial charge in [-0.1, -0.05) is 20.8 Å². The highest BCUT2D eigenvalue weighted by atomic mass is 16.5. The summed E-state index contributed by atoms with van der Waals surface area (Å²) in [6, 6.07) is 0. The van der Waals surface area contributed by atoms with E-state index in [0.29, 0.717) is 6.61 Å². The molecule has 0 saturated carbocycles. The number of hydrogen-bond acceptors (Lipinski definition) is 2. The highest BCUT2D eigenvalue weighted by Gasteiger charge is 2.16. The summed E-state index contributed by atoms with van der Waals surface area (Å²) in [4.78, 5) is 10.8. The van der Waals surface area contributed by atoms with Crippen molar-refractivity contribution in [3.63, 3.8) is 0 Å². The van der Waals surface area contributed by atoms with Crippen LogP contribution in [0.15, 0.2) is 0 Å². The van der Waals surface area contributed by atoms with E-state index in [0.717, 1.165) is 0 Å². The molecule has 0 aliphatic carbocycles. The lowest BCUT2D eigenvalue weighted by Gasteiger charge is -2.15. The molecule has 0 bridgehead atoms. The minimum atomic E-state index is -0.227. The lowest BCUT2D eigenvalue weighted by molar-refractivity contribution is -0.140. The number of carbonyl (C=O) groups excluding carboxylic acids is 1. The van der Waals surface area contributed by atoms with Gasteiger partial charge in [-0.15, -0.1) is 0 Å². The number of hydrogen-bond donors (Lipinski definition) is 0. The van der Waals surface area contributed by atoms with Gasteiger partial charge in [-0.2, -0.15) is 0 Å². The number of rotatable bonds is 2. The molecule has 0 aromatic carbocycles. The van der Waals surface area contributed by atoms with Gasteiger partial charge in [-0.3, -0.25) is 4.79 Å². The van der Waals surface area contributed by atoms with Gasteiger partial charge in [0.2, 0.25) is 0 Å². The Kier molecular flexibility index (Phi) is 3.40. The van der Waals surface area contributed by atoms with E-state index >= 15 is 0 Å². The van der Waals surface area contributed by atoms with Gasteiger partial charge in [0, 0.05) is 0 Å². The molecule has 2 heteroatoms. The van der Waals surface area contributed by atoms with Crippen molar-refractivity contribution in [3.8, 4) is 0 Å². The van der Waals surface area contributed by atoms with Crippen LogP contribution >= 0.6 is 0 Å². The van der Waals surface area contributed by atoms with Crippen LogP contribution < -0.4 is 0 Å². The first kappa shape index (κ1) is 9.47. The van der Waals surface area contributed by atoms with E-state index in [-0.39, 0.29) is 11.4 Å². The third-order valence-corrected chi connectivity index (χ3v) is 0.837. The van der Waals surface area contributed by atoms with Crippen molar-refractivity contribution in [2.24, 2.45) is 5.41 Å². The Labute approximate surface area is 62.6 Å². The van der Waals surface area contributed by atoms with Gasteiger partial charge in [0.25, 0.3) is 0 Å². The average molecular weight is 143 g/mol. The zero-order valence-electron chi connectivity index (χ0n) is 7.10. The van der Waals surface area contributed by atoms with Gasteiger partial charge in [0.15, 0.2) is 0 Å². The van der Waals surface area contributed by atoms with Gasteiger partial charge in [-0.05, 0) is 12.3 Å². The van der Waals surface area contributed by atoms with Crippen LogP contribution in [0.4, 0.5) is 0 Å². The predicted molar refractivity (Wildman–Crippen MR) is 40.4 cm³/mol. The van der Waals surface area contributed by atoms with E-state index in [2.05, 4.69) is 0 Å². The first-order valence-corrected chi connectivity index (χ1v) is 3.48. The molecule has 0 atom stereocenters. The first-order valence-electron chi connectivity index (χ1n) is 3.48. The SMILES string of the molecule is CCOC(=O)[CH]C(C)(C)C. The van der Waals surface area contributed by atoms with Crippen molar-refractivity contribution in [2.45, 2.75) is 27.7 Å². The third-order valence-electron chi connectivity index (χ3n) is 0.837. The second kappa shape index (κ2) is 3.59. The van der Waals surface area contributed by atoms with Crippen molar-refractivity contribution >= 4 is 5.97 Å². The Bertz CT molecular complexity index is 111. The lowest BCUT2D eigenvalue weighted by atomic mass is 9.93. The molecule has 0 heterocycles. The Morgan fingerprint density at radius 3 is 2.30 bits per heavy atom. The summed E-state index contributed by atoms with van der Waals surface area (Å²) in [5.41, 5.74) is -0.0771. The molecule has 0 saturated heterocycles. The highest BCUT2D eigenvalue weighted by molar-refractivity contribution is 5.79. The van der Waals surface area contributed by atoms with Crippen molar-refractivity contribution in [1.82, 2.24) is 0 Å². The second-order valence-corrected chi connectivity index (χ2v) is 3.26. The summed E-state index contributed by atoms with van der Waals surface area (Å²) >= 11 is 0. The maximum Gasteiger partial charge on any atom is 0.310 e. The van der Waals surface area contributed by atoms with Crippen LogP contribution in [0, 0.1) is 11.8 Å². The maximum atomic E-state index is 10.8. The molecule has 1 radical (unpaired) electrons. The van der Waals surface area contributed by atoms with E-state index in [9.17, 15) is 4.79 Å². The molecule has 0 aromatic heterocycles. The molecule has 0 amide bonds. The predicted octanol–water partition coefficient (Wildman–Crippen LogP) is 1.80. The molecule has 0 aromatic rings. The summed E-state index contributed by atoms with van der Waals surface area (Å²) in [5.74, 6) is -0.227. The van der Waals surface area contributed by atoms with Crippen molar-refractivity contribution in [1.29, 1.82) is 0 Å². The average Bonchev–Trinajstić information content (AvgIpc) is 1.59. The molecule has 0 aliphatic rings. The number of ether oxygens (including phenoxy) is 1. The summed E-state index contributed by atoms with van der Waals surface area (Å²) in [6.45, 7) is 8.14. The van der Waals surface area contributed by atoms with E-state index < -0.39 is 0 Å². The summed E-state index contributed by atoms with van der Waals surface area (Å²) in [5, 5.41) is 0. The minimum absolute atomic E-state index is 0.0771. The molecular weight excluding hydrogens is 128 g/mol. The van der Waals surface area contributed by atoms with Crippen LogP contribution in [0.5, 0.6) is 0 Å². The topological polar surface area (TPSA) is 26.3 Å². The standard InChI is InChI=1S/C8H15O2/c1-5-10-7(9)6-8(2,3)4/h6H,5H2,1-4H3. The summed E-state index contributed by atoms with van der Waals surface area (Å²) in [6.07, 6.45) is 1.58. The molecular formula is C8H15O2. The Morgan fingerprint density at radius 2 is 2.00 bits per heavy atom. The van der Waals surface area contributed by atoms with Crippen LogP contribution in [0.25, 0.3) is 0 Å². The monoisotopic (exact) mass is 143 g/mol. The zero-order chi connectivity index (χ0) is 8.20. The van der Waals surface area contributed by atoms with Gasteiger partial charge >= 0.3 is 5.97 Å². The molecule has 0 fully saturated rings. The third kappa shape index (κ3) is 5.60. The van der Waals surface area contributed by atoms with Gasteiger partial charge in [-0.25, -0.2) is 0 Å². The van der Waals surface area contributed by atoms with E-state index in [1.165, 1.54) is 0 Å². The normalized spacial score (nSPS) is 11.2. The minimum Gasteiger partial charge on any atom is -0.466 e. The number of esters is 1. The molecule has 0 unspecified atom stereocenters. The smallest absolute Gasteiger partial charge is 0.310 e. The Balaban J connectivity index is 3.58. The molecule has 59 valence electrons. The second-order valence-electron chi connectivity index (χ2n) is 3.26. The molecule has 10 heavy (non-hydrogen) atoms. The molecule has 0 spiro atoms. The fourth-order valence-electron chi connectivity index (χ4n) is 0.537. The first-order chi connectivity index (χ1) is 4.45. The summed E-state index contributed by atoms with van der Waals surface area (Å²) in [7, 11) is 0. The van der Waals surface area contributed by atoms with E-state index in [4.69, 9.17) is 4.74 Å². The number of carbonyl (C=O) groups is 1. The molecule has 0 aliphatic heterocycles. The summed E-state index contributed by atoms with van der Waals surface area (Å²) < 4.78 is 4.72. The molecule has 0 N–H and O–H groups in total. The highest BCUT2D eigenvalue weighted by Crippen LogP contribution is 2.17. The van der Waals surface area contributed by atoms with Crippen LogP contribution in [0.2, 0.25) is 0 Å². The van der Waals surface area contributed by atoms with Crippen LogP contribution in [-0.4, -0.2) is 12.6 Å². The largest absolute Gasteiger partial charge is 0.466 e. The fraction of sp³-hybridized carbons (Fsp3) is 0.750. The van der Waals surface area contributed by atoms with Crippen LogP contribution in [0.3, 0.4) is 0 Å². The quantitative estimate of drug-likeness (QED) is 0.551. The zero-order valence-corrected chi connectivity index (χ0v) is 7.10. The van der Waals surface area contributed by atoms with Crippen molar-refractivity contribution < 1.29 is 9.53 Å². The van der Waals surface area contributed by atoms with Gasteiger partial charge in [0.1, 0.15) is 0 Å². The van der Waals surface area contributed by atoms with Gasteiger partial charge < -0.3 is 4.74 Å². The van der Waals surface area contributed by atoms with Crippen LogP contribution in [-0.2, 0) is 9.53 Å². The van der Waals surface area contributed by atoms with Crippen molar-refractivity contribution in [2.75, 3.05) is 6.61 Å². The van der Waals surface area contributed by atoms with E-state index in [1.807, 2.05) is 20.8 Å². The maximum absolute atomic E-state index is 10.8. The molecule has 0 rings (SSSR count). The Morgan fingerprint density at radius 1 is 1.50 bits per heavy atom. The van der Waals surface area contributed by atoms with E-state index in [1.54, 1.807) is 13.3 Å². The van der Waals surface area contributed by atoms with Crippen molar-refractivity contribution in [3.05, 3.63) is 6.42 Å². The Hall–Kier alpha value is -0.530. The van der Waals surface area contributed by atoms with Crippen LogP contribution in [0.1, 0.15) is 27.7 Å². The lowest BCUT2D eigenvalue weighted by Crippen LogP contribution is -2.16. The fourth-order valence-corrected chi connectivity index (χ4v) is 0.537.